The summed E-state index contributed by atoms with van der Waals surface area (Å²) < 4.78 is 24.6. The highest BCUT2D eigenvalue weighted by atomic mass is 19.1. The van der Waals surface area contributed by atoms with Crippen molar-refractivity contribution in [1.29, 1.82) is 0 Å². The third kappa shape index (κ3) is 3.67. The number of rotatable bonds is 5. The number of ether oxygens (including phenoxy) is 2. The molecule has 0 saturated carbocycles. The van der Waals surface area contributed by atoms with Crippen molar-refractivity contribution in [3.63, 3.8) is 0 Å². The normalized spacial score (nSPS) is 23.4. The molecule has 0 bridgehead atoms. The van der Waals surface area contributed by atoms with Gasteiger partial charge in [-0.15, -0.1) is 0 Å². The summed E-state index contributed by atoms with van der Waals surface area (Å²) in [5.41, 5.74) is 1.75. The first-order valence-electron chi connectivity index (χ1n) is 9.82. The lowest BCUT2D eigenvalue weighted by atomic mass is 9.89. The number of carbonyl (C=O) groups excluding carboxylic acids is 1. The van der Waals surface area contributed by atoms with E-state index < -0.39 is 0 Å². The fourth-order valence-corrected chi connectivity index (χ4v) is 4.71. The Bertz CT molecular complexity index is 907. The zero-order valence-electron chi connectivity index (χ0n) is 17.0. The van der Waals surface area contributed by atoms with Gasteiger partial charge in [0.05, 0.1) is 13.2 Å². The number of methoxy groups -OCH3 is 2. The maximum atomic E-state index is 14.0. The molecule has 6 nitrogen and oxygen atoms in total. The highest BCUT2D eigenvalue weighted by Crippen LogP contribution is 2.46. The molecule has 29 heavy (non-hydrogen) atoms. The van der Waals surface area contributed by atoms with E-state index in [1.807, 2.05) is 30.0 Å². The van der Waals surface area contributed by atoms with Crippen molar-refractivity contribution in [2.24, 2.45) is 11.8 Å². The number of pyridine rings is 1. The molecule has 4 rings (SSSR count). The van der Waals surface area contributed by atoms with Crippen molar-refractivity contribution in [3.8, 4) is 5.75 Å². The monoisotopic (exact) mass is 399 g/mol. The molecule has 2 fully saturated rings. The maximum absolute atomic E-state index is 14.0. The first-order valence-corrected chi connectivity index (χ1v) is 9.82. The van der Waals surface area contributed by atoms with E-state index in [1.165, 1.54) is 19.2 Å². The maximum Gasteiger partial charge on any atom is 0.249 e. The summed E-state index contributed by atoms with van der Waals surface area (Å²) in [6, 6.07) is 10.3. The molecular weight excluding hydrogens is 373 g/mol. The number of aryl methyl sites for hydroxylation is 1. The van der Waals surface area contributed by atoms with Gasteiger partial charge in [-0.1, -0.05) is 12.1 Å². The standard InChI is InChI=1S/C22H26FN3O3/c1-14-7-8-19(29-3)22(24-14)25-10-16-11-26(20(27)13-28-2)21(18(16)12-25)15-5-4-6-17(23)9-15/h4-9,16,18,21H,10-13H2,1-3H3/t16-,18-,21+/m1/s1. The van der Waals surface area contributed by atoms with Crippen LogP contribution in [0.25, 0.3) is 0 Å². The average molecular weight is 399 g/mol. The predicted molar refractivity (Wildman–Crippen MR) is 107 cm³/mol. The predicted octanol–water partition coefficient (Wildman–Crippen LogP) is 2.82. The molecule has 0 aliphatic carbocycles. The first kappa shape index (κ1) is 19.6. The van der Waals surface area contributed by atoms with Crippen LogP contribution in [0.4, 0.5) is 10.2 Å². The topological polar surface area (TPSA) is 54.9 Å². The number of hydrogen-bond donors (Lipinski definition) is 0. The summed E-state index contributed by atoms with van der Waals surface area (Å²) in [5.74, 6) is 1.68. The molecule has 1 aromatic heterocycles. The fourth-order valence-electron chi connectivity index (χ4n) is 4.71. The number of likely N-dealkylation sites (tertiary alicyclic amines) is 1. The summed E-state index contributed by atoms with van der Waals surface area (Å²) in [4.78, 5) is 21.5. The number of nitrogens with zero attached hydrogens (tertiary/aromatic N) is 3. The van der Waals surface area contributed by atoms with Crippen molar-refractivity contribution < 1.29 is 18.7 Å². The molecule has 0 radical (unpaired) electrons. The second-order valence-corrected chi connectivity index (χ2v) is 7.79. The number of fused-ring (bicyclic) bond motifs is 1. The molecule has 2 saturated heterocycles. The van der Waals surface area contributed by atoms with E-state index in [2.05, 4.69) is 9.88 Å². The molecule has 1 amide bonds. The zero-order chi connectivity index (χ0) is 20.5. The number of benzene rings is 1. The van der Waals surface area contributed by atoms with Crippen LogP contribution in [0.15, 0.2) is 36.4 Å². The number of halogens is 1. The van der Waals surface area contributed by atoms with Gasteiger partial charge in [-0.3, -0.25) is 4.79 Å². The Morgan fingerprint density at radius 2 is 2.03 bits per heavy atom. The minimum Gasteiger partial charge on any atom is -0.493 e. The number of aromatic nitrogens is 1. The van der Waals surface area contributed by atoms with Crippen molar-refractivity contribution in [3.05, 3.63) is 53.5 Å². The van der Waals surface area contributed by atoms with E-state index >= 15 is 0 Å². The number of carbonyl (C=O) groups is 1. The Hall–Kier alpha value is -2.67. The summed E-state index contributed by atoms with van der Waals surface area (Å²) in [7, 11) is 3.16. The summed E-state index contributed by atoms with van der Waals surface area (Å²) in [6.45, 7) is 4.12. The highest BCUT2D eigenvalue weighted by molar-refractivity contribution is 5.78. The van der Waals surface area contributed by atoms with Crippen LogP contribution >= 0.6 is 0 Å². The van der Waals surface area contributed by atoms with Gasteiger partial charge in [0.2, 0.25) is 5.91 Å². The molecule has 7 heteroatoms. The SMILES string of the molecule is COCC(=O)N1C[C@H]2CN(c3nc(C)ccc3OC)C[C@H]2[C@@H]1c1cccc(F)c1. The van der Waals surface area contributed by atoms with Gasteiger partial charge < -0.3 is 19.3 Å². The summed E-state index contributed by atoms with van der Waals surface area (Å²) in [5, 5.41) is 0. The van der Waals surface area contributed by atoms with Crippen molar-refractivity contribution >= 4 is 11.7 Å². The largest absolute Gasteiger partial charge is 0.493 e. The molecule has 0 spiro atoms. The molecule has 2 aromatic rings. The van der Waals surface area contributed by atoms with Gasteiger partial charge in [-0.2, -0.15) is 0 Å². The van der Waals surface area contributed by atoms with E-state index in [1.54, 1.807) is 13.2 Å². The van der Waals surface area contributed by atoms with Crippen molar-refractivity contribution in [1.82, 2.24) is 9.88 Å². The minimum atomic E-state index is -0.290. The molecule has 1 aromatic carbocycles. The zero-order valence-corrected chi connectivity index (χ0v) is 17.0. The minimum absolute atomic E-state index is 0.0300. The fraction of sp³-hybridized carbons (Fsp3) is 0.455. The van der Waals surface area contributed by atoms with E-state index in [4.69, 9.17) is 9.47 Å². The van der Waals surface area contributed by atoms with Gasteiger partial charge in [0, 0.05) is 44.3 Å². The Morgan fingerprint density at radius 1 is 1.21 bits per heavy atom. The quantitative estimate of drug-likeness (QED) is 0.774. The lowest BCUT2D eigenvalue weighted by Crippen LogP contribution is -2.37. The second-order valence-electron chi connectivity index (χ2n) is 7.79. The average Bonchev–Trinajstić information content (AvgIpc) is 3.26. The lowest BCUT2D eigenvalue weighted by Gasteiger charge is -2.30. The molecule has 2 aliphatic heterocycles. The van der Waals surface area contributed by atoms with E-state index in [0.717, 1.165) is 35.9 Å². The summed E-state index contributed by atoms with van der Waals surface area (Å²) >= 11 is 0. The molecule has 154 valence electrons. The molecule has 0 unspecified atom stereocenters. The Kier molecular flexibility index (Phi) is 5.41. The van der Waals surface area contributed by atoms with Gasteiger partial charge >= 0.3 is 0 Å². The molecule has 0 N–H and O–H groups in total. The third-order valence-corrected chi connectivity index (χ3v) is 5.94. The van der Waals surface area contributed by atoms with E-state index in [9.17, 15) is 9.18 Å². The molecule has 3 atom stereocenters. The van der Waals surface area contributed by atoms with Crippen LogP contribution < -0.4 is 9.64 Å². The van der Waals surface area contributed by atoms with Crippen molar-refractivity contribution in [2.75, 3.05) is 45.4 Å². The van der Waals surface area contributed by atoms with Crippen LogP contribution in [0.1, 0.15) is 17.3 Å². The summed E-state index contributed by atoms with van der Waals surface area (Å²) in [6.07, 6.45) is 0. The van der Waals surface area contributed by atoms with Crippen LogP contribution in [-0.4, -0.2) is 56.3 Å². The van der Waals surface area contributed by atoms with Crippen LogP contribution in [0.2, 0.25) is 0 Å². The van der Waals surface area contributed by atoms with Crippen LogP contribution in [0.5, 0.6) is 5.75 Å². The van der Waals surface area contributed by atoms with Crippen LogP contribution in [-0.2, 0) is 9.53 Å². The van der Waals surface area contributed by atoms with Gasteiger partial charge in [0.15, 0.2) is 11.6 Å². The third-order valence-electron chi connectivity index (χ3n) is 5.94. The van der Waals surface area contributed by atoms with Gasteiger partial charge in [0.25, 0.3) is 0 Å². The highest BCUT2D eigenvalue weighted by Gasteiger charge is 2.49. The molecule has 2 aliphatic rings. The molecular formula is C22H26FN3O3. The number of anilines is 1. The lowest BCUT2D eigenvalue weighted by molar-refractivity contribution is -0.136. The first-order chi connectivity index (χ1) is 14.0. The Morgan fingerprint density at radius 3 is 2.76 bits per heavy atom. The van der Waals surface area contributed by atoms with Gasteiger partial charge in [-0.05, 0) is 36.8 Å². The van der Waals surface area contributed by atoms with Crippen LogP contribution in [0, 0.1) is 24.6 Å². The van der Waals surface area contributed by atoms with Crippen molar-refractivity contribution in [2.45, 2.75) is 13.0 Å². The van der Waals surface area contributed by atoms with Gasteiger partial charge in [0.1, 0.15) is 12.4 Å². The smallest absolute Gasteiger partial charge is 0.249 e. The number of amides is 1. The molecule has 3 heterocycles. The Balaban J connectivity index is 1.66. The Labute approximate surface area is 170 Å². The van der Waals surface area contributed by atoms with Crippen LogP contribution in [0.3, 0.4) is 0 Å². The second kappa shape index (κ2) is 7.99. The number of hydrogen-bond acceptors (Lipinski definition) is 5. The van der Waals surface area contributed by atoms with E-state index in [-0.39, 0.29) is 36.2 Å². The van der Waals surface area contributed by atoms with Gasteiger partial charge in [-0.25, -0.2) is 9.37 Å². The van der Waals surface area contributed by atoms with E-state index in [0.29, 0.717) is 6.54 Å².